The Bertz CT molecular complexity index is 384. The summed E-state index contributed by atoms with van der Waals surface area (Å²) in [5.74, 6) is 0.181. The molecule has 1 rings (SSSR count). The van der Waals surface area contributed by atoms with Crippen molar-refractivity contribution in [3.63, 3.8) is 0 Å². The number of hydrogen-bond donors (Lipinski definition) is 1. The summed E-state index contributed by atoms with van der Waals surface area (Å²) in [4.78, 5) is 0. The van der Waals surface area contributed by atoms with Crippen LogP contribution in [0.4, 0.5) is 4.39 Å². The summed E-state index contributed by atoms with van der Waals surface area (Å²) < 4.78 is 19.6. The molecule has 102 valence electrons. The second kappa shape index (κ2) is 7.22. The maximum absolute atomic E-state index is 13.5. The van der Waals surface area contributed by atoms with Crippen LogP contribution in [-0.2, 0) is 11.2 Å². The highest BCUT2D eigenvalue weighted by atomic mass is 79.9. The van der Waals surface area contributed by atoms with Gasteiger partial charge in [-0.25, -0.2) is 4.39 Å². The lowest BCUT2D eigenvalue weighted by Crippen LogP contribution is -2.43. The van der Waals surface area contributed by atoms with Gasteiger partial charge in [-0.2, -0.15) is 0 Å². The van der Waals surface area contributed by atoms with E-state index in [1.54, 1.807) is 13.2 Å². The molecule has 1 aromatic carbocycles. The lowest BCUT2D eigenvalue weighted by molar-refractivity contribution is 0.0353. The lowest BCUT2D eigenvalue weighted by atomic mass is 9.94. The summed E-state index contributed by atoms with van der Waals surface area (Å²) in [7, 11) is 3.63. The number of benzene rings is 1. The molecule has 1 N–H and O–H groups in total. The van der Waals surface area contributed by atoms with Crippen LogP contribution in [0.2, 0.25) is 0 Å². The highest BCUT2D eigenvalue weighted by molar-refractivity contribution is 9.10. The third kappa shape index (κ3) is 3.77. The molecule has 2 atom stereocenters. The average Bonchev–Trinajstić information content (AvgIpc) is 2.33. The monoisotopic (exact) mass is 317 g/mol. The Morgan fingerprint density at radius 1 is 1.39 bits per heavy atom. The molecule has 0 saturated heterocycles. The summed E-state index contributed by atoms with van der Waals surface area (Å²) in [5, 5.41) is 3.26. The van der Waals surface area contributed by atoms with Crippen LogP contribution in [0.1, 0.15) is 19.4 Å². The molecule has 2 nitrogen and oxygen atoms in total. The SMILES string of the molecule is CNC(Cc1cccc(F)c1Br)C(OC)C(C)C. The van der Waals surface area contributed by atoms with Crippen molar-refractivity contribution in [3.8, 4) is 0 Å². The Labute approximate surface area is 117 Å². The fourth-order valence-electron chi connectivity index (χ4n) is 2.23. The normalized spacial score (nSPS) is 14.8. The van der Waals surface area contributed by atoms with Gasteiger partial charge < -0.3 is 10.1 Å². The first kappa shape index (κ1) is 15.6. The minimum Gasteiger partial charge on any atom is -0.380 e. The molecule has 0 saturated carbocycles. The van der Waals surface area contributed by atoms with Crippen molar-refractivity contribution in [1.29, 1.82) is 0 Å². The maximum atomic E-state index is 13.5. The summed E-state index contributed by atoms with van der Waals surface area (Å²) in [5.41, 5.74) is 0.956. The van der Waals surface area contributed by atoms with Gasteiger partial charge in [-0.15, -0.1) is 0 Å². The van der Waals surface area contributed by atoms with Gasteiger partial charge in [-0.05, 0) is 46.9 Å². The molecule has 0 amide bonds. The van der Waals surface area contributed by atoms with Crippen LogP contribution >= 0.6 is 15.9 Å². The summed E-state index contributed by atoms with van der Waals surface area (Å²) in [6.45, 7) is 4.25. The van der Waals surface area contributed by atoms with Crippen LogP contribution < -0.4 is 5.32 Å². The number of rotatable bonds is 6. The van der Waals surface area contributed by atoms with Gasteiger partial charge in [-0.3, -0.25) is 0 Å². The topological polar surface area (TPSA) is 21.3 Å². The predicted molar refractivity (Wildman–Crippen MR) is 76.3 cm³/mol. The van der Waals surface area contributed by atoms with E-state index in [0.29, 0.717) is 10.4 Å². The molecule has 18 heavy (non-hydrogen) atoms. The van der Waals surface area contributed by atoms with Gasteiger partial charge >= 0.3 is 0 Å². The standard InChI is InChI=1S/C14H21BrFNO/c1-9(2)14(18-4)12(17-3)8-10-6-5-7-11(16)13(10)15/h5-7,9,12,14,17H,8H2,1-4H3. The predicted octanol–water partition coefficient (Wildman–Crippen LogP) is 3.39. The Hall–Kier alpha value is -0.450. The molecule has 1 aromatic rings. The third-order valence-corrected chi connectivity index (χ3v) is 4.06. The Morgan fingerprint density at radius 3 is 2.56 bits per heavy atom. The zero-order chi connectivity index (χ0) is 13.7. The second-order valence-corrected chi connectivity index (χ2v) is 5.55. The third-order valence-electron chi connectivity index (χ3n) is 3.17. The van der Waals surface area contributed by atoms with Crippen LogP contribution in [0.15, 0.2) is 22.7 Å². The van der Waals surface area contributed by atoms with Crippen molar-refractivity contribution < 1.29 is 9.13 Å². The molecular formula is C14H21BrFNO. The van der Waals surface area contributed by atoms with Crippen LogP contribution in [-0.4, -0.2) is 26.3 Å². The lowest BCUT2D eigenvalue weighted by Gasteiger charge is -2.29. The molecule has 0 bridgehead atoms. The molecule has 0 fully saturated rings. The number of hydrogen-bond acceptors (Lipinski definition) is 2. The first-order valence-corrected chi connectivity index (χ1v) is 6.93. The van der Waals surface area contributed by atoms with Gasteiger partial charge in [0, 0.05) is 13.2 Å². The van der Waals surface area contributed by atoms with Gasteiger partial charge in [0.15, 0.2) is 0 Å². The number of nitrogens with one attached hydrogen (secondary N) is 1. The average molecular weight is 318 g/mol. The molecule has 0 spiro atoms. The molecule has 0 radical (unpaired) electrons. The number of ether oxygens (including phenoxy) is 1. The van der Waals surface area contributed by atoms with Crippen LogP contribution in [0.5, 0.6) is 0 Å². The van der Waals surface area contributed by atoms with E-state index in [9.17, 15) is 4.39 Å². The van der Waals surface area contributed by atoms with E-state index in [0.717, 1.165) is 12.0 Å². The highest BCUT2D eigenvalue weighted by Crippen LogP contribution is 2.23. The molecule has 2 unspecified atom stereocenters. The van der Waals surface area contributed by atoms with Gasteiger partial charge in [-0.1, -0.05) is 26.0 Å². The number of halogens is 2. The largest absolute Gasteiger partial charge is 0.380 e. The van der Waals surface area contributed by atoms with Crippen molar-refractivity contribution in [2.75, 3.05) is 14.2 Å². The fraction of sp³-hybridized carbons (Fsp3) is 0.571. The van der Waals surface area contributed by atoms with Crippen molar-refractivity contribution in [2.24, 2.45) is 5.92 Å². The molecule has 0 aromatic heterocycles. The van der Waals surface area contributed by atoms with Crippen LogP contribution in [0.25, 0.3) is 0 Å². The molecular weight excluding hydrogens is 297 g/mol. The van der Waals surface area contributed by atoms with Crippen molar-refractivity contribution in [1.82, 2.24) is 5.32 Å². The van der Waals surface area contributed by atoms with Crippen molar-refractivity contribution in [2.45, 2.75) is 32.4 Å². The van der Waals surface area contributed by atoms with E-state index in [4.69, 9.17) is 4.74 Å². The van der Waals surface area contributed by atoms with Crippen LogP contribution in [0.3, 0.4) is 0 Å². The minimum absolute atomic E-state index is 0.102. The Kier molecular flexibility index (Phi) is 6.26. The zero-order valence-corrected chi connectivity index (χ0v) is 12.9. The van der Waals surface area contributed by atoms with E-state index >= 15 is 0 Å². The van der Waals surface area contributed by atoms with Gasteiger partial charge in [0.05, 0.1) is 10.6 Å². The van der Waals surface area contributed by atoms with Gasteiger partial charge in [0.1, 0.15) is 5.82 Å². The van der Waals surface area contributed by atoms with E-state index in [1.807, 2.05) is 13.1 Å². The fourth-order valence-corrected chi connectivity index (χ4v) is 2.65. The number of methoxy groups -OCH3 is 1. The van der Waals surface area contributed by atoms with E-state index in [-0.39, 0.29) is 18.0 Å². The number of likely N-dealkylation sites (N-methyl/N-ethyl adjacent to an activating group) is 1. The van der Waals surface area contributed by atoms with E-state index in [1.165, 1.54) is 6.07 Å². The highest BCUT2D eigenvalue weighted by Gasteiger charge is 2.24. The minimum atomic E-state index is -0.221. The summed E-state index contributed by atoms with van der Waals surface area (Å²) in [6, 6.07) is 5.29. The van der Waals surface area contributed by atoms with Crippen molar-refractivity contribution >= 4 is 15.9 Å². The maximum Gasteiger partial charge on any atom is 0.137 e. The smallest absolute Gasteiger partial charge is 0.137 e. The second-order valence-electron chi connectivity index (χ2n) is 4.76. The molecule has 0 aliphatic rings. The van der Waals surface area contributed by atoms with Gasteiger partial charge in [0.2, 0.25) is 0 Å². The van der Waals surface area contributed by atoms with Crippen LogP contribution in [0, 0.1) is 11.7 Å². The molecule has 0 aliphatic carbocycles. The first-order chi connectivity index (χ1) is 8.51. The van der Waals surface area contributed by atoms with E-state index in [2.05, 4.69) is 35.1 Å². The summed E-state index contributed by atoms with van der Waals surface area (Å²) >= 11 is 3.30. The molecule has 4 heteroatoms. The van der Waals surface area contributed by atoms with Crippen molar-refractivity contribution in [3.05, 3.63) is 34.1 Å². The zero-order valence-electron chi connectivity index (χ0n) is 11.3. The molecule has 0 heterocycles. The summed E-state index contributed by atoms with van der Waals surface area (Å²) in [6.07, 6.45) is 0.830. The molecule has 0 aliphatic heterocycles. The van der Waals surface area contributed by atoms with E-state index < -0.39 is 0 Å². The Balaban J connectivity index is 2.88. The quantitative estimate of drug-likeness (QED) is 0.868. The Morgan fingerprint density at radius 2 is 2.06 bits per heavy atom. The van der Waals surface area contributed by atoms with Gasteiger partial charge in [0.25, 0.3) is 0 Å². The first-order valence-electron chi connectivity index (χ1n) is 6.14.